The van der Waals surface area contributed by atoms with Crippen molar-refractivity contribution in [3.8, 4) is 11.5 Å². The van der Waals surface area contributed by atoms with E-state index >= 15 is 0 Å². The van der Waals surface area contributed by atoms with Crippen LogP contribution in [0, 0.1) is 0 Å². The highest BCUT2D eigenvalue weighted by Gasteiger charge is 2.04. The Labute approximate surface area is 123 Å². The lowest BCUT2D eigenvalue weighted by Crippen LogP contribution is -1.92. The van der Waals surface area contributed by atoms with Gasteiger partial charge in [0.1, 0.15) is 11.5 Å². The summed E-state index contributed by atoms with van der Waals surface area (Å²) >= 11 is 5.90. The first-order valence-electron chi connectivity index (χ1n) is 6.26. The van der Waals surface area contributed by atoms with Gasteiger partial charge in [0, 0.05) is 16.8 Å². The summed E-state index contributed by atoms with van der Waals surface area (Å²) in [6, 6.07) is 12.6. The van der Waals surface area contributed by atoms with Crippen LogP contribution in [0.25, 0.3) is 0 Å². The average molecular weight is 290 g/mol. The first kappa shape index (κ1) is 14.4. The zero-order chi connectivity index (χ0) is 14.5. The molecule has 0 saturated heterocycles. The minimum Gasteiger partial charge on any atom is -0.507 e. The van der Waals surface area contributed by atoms with Gasteiger partial charge in [-0.3, -0.25) is 4.99 Å². The van der Waals surface area contributed by atoms with Crippen LogP contribution >= 0.6 is 11.6 Å². The molecule has 0 amide bonds. The molecule has 2 rings (SSSR count). The lowest BCUT2D eigenvalue weighted by molar-refractivity contribution is 0.414. The highest BCUT2D eigenvalue weighted by atomic mass is 35.5. The summed E-state index contributed by atoms with van der Waals surface area (Å²) in [7, 11) is 1.64. The number of methoxy groups -OCH3 is 1. The number of ether oxygens (including phenoxy) is 1. The summed E-state index contributed by atoms with van der Waals surface area (Å²) in [6.07, 6.45) is 1.64. The smallest absolute Gasteiger partial charge is 0.124 e. The van der Waals surface area contributed by atoms with Crippen molar-refractivity contribution < 1.29 is 9.84 Å². The highest BCUT2D eigenvalue weighted by molar-refractivity contribution is 6.30. The number of aromatic hydroxyl groups is 1. The van der Waals surface area contributed by atoms with Crippen LogP contribution in [-0.4, -0.2) is 18.4 Å². The van der Waals surface area contributed by atoms with Crippen LogP contribution < -0.4 is 4.74 Å². The second-order valence-corrected chi connectivity index (χ2v) is 4.87. The monoisotopic (exact) mass is 289 g/mol. The molecule has 3 nitrogen and oxygen atoms in total. The van der Waals surface area contributed by atoms with Crippen LogP contribution in [-0.2, 0) is 0 Å². The summed E-state index contributed by atoms with van der Waals surface area (Å²) in [6.45, 7) is 1.99. The Morgan fingerprint density at radius 3 is 2.55 bits per heavy atom. The minimum absolute atomic E-state index is 0.0145. The van der Waals surface area contributed by atoms with Gasteiger partial charge < -0.3 is 9.84 Å². The van der Waals surface area contributed by atoms with Crippen molar-refractivity contribution in [2.24, 2.45) is 4.99 Å². The minimum atomic E-state index is -0.0145. The zero-order valence-corrected chi connectivity index (χ0v) is 12.1. The highest BCUT2D eigenvalue weighted by Crippen LogP contribution is 2.23. The summed E-state index contributed by atoms with van der Waals surface area (Å²) < 4.78 is 5.12. The van der Waals surface area contributed by atoms with E-state index in [-0.39, 0.29) is 11.8 Å². The Bertz CT molecular complexity index is 608. The molecule has 1 N–H and O–H groups in total. The molecule has 0 aromatic heterocycles. The van der Waals surface area contributed by atoms with E-state index < -0.39 is 0 Å². The SMILES string of the molecule is COc1ccc([C@H](C)N=Cc2cc(Cl)ccc2O)cc1. The Morgan fingerprint density at radius 2 is 1.90 bits per heavy atom. The maximum Gasteiger partial charge on any atom is 0.124 e. The Morgan fingerprint density at radius 1 is 1.20 bits per heavy atom. The van der Waals surface area contributed by atoms with Gasteiger partial charge in [0.25, 0.3) is 0 Å². The standard InChI is InChI=1S/C16H16ClNO2/c1-11(12-3-6-15(20-2)7-4-12)18-10-13-9-14(17)5-8-16(13)19/h3-11,19H,1-2H3/t11-/m0/s1. The third-order valence-corrected chi connectivity index (χ3v) is 3.26. The fourth-order valence-corrected chi connectivity index (χ4v) is 1.97. The normalized spacial score (nSPS) is 12.6. The van der Waals surface area contributed by atoms with Crippen LogP contribution in [0.3, 0.4) is 0 Å². The second-order valence-electron chi connectivity index (χ2n) is 4.43. The molecule has 0 saturated carbocycles. The van der Waals surface area contributed by atoms with E-state index in [2.05, 4.69) is 4.99 Å². The van der Waals surface area contributed by atoms with Gasteiger partial charge in [-0.05, 0) is 42.8 Å². The number of benzene rings is 2. The summed E-state index contributed by atoms with van der Waals surface area (Å²) in [4.78, 5) is 4.44. The quantitative estimate of drug-likeness (QED) is 0.856. The molecule has 0 radical (unpaired) electrons. The van der Waals surface area contributed by atoms with E-state index in [4.69, 9.17) is 16.3 Å². The Balaban J connectivity index is 2.15. The first-order valence-corrected chi connectivity index (χ1v) is 6.63. The average Bonchev–Trinajstić information content (AvgIpc) is 2.48. The molecule has 0 heterocycles. The van der Waals surface area contributed by atoms with Gasteiger partial charge in [0.15, 0.2) is 0 Å². The lowest BCUT2D eigenvalue weighted by Gasteiger charge is -2.08. The van der Waals surface area contributed by atoms with Crippen LogP contribution in [0.2, 0.25) is 5.02 Å². The molecule has 2 aromatic carbocycles. The number of hydrogen-bond acceptors (Lipinski definition) is 3. The molecule has 1 atom stereocenters. The lowest BCUT2D eigenvalue weighted by atomic mass is 10.1. The van der Waals surface area contributed by atoms with Gasteiger partial charge in [-0.1, -0.05) is 23.7 Å². The number of rotatable bonds is 4. The molecule has 4 heteroatoms. The predicted molar refractivity (Wildman–Crippen MR) is 82.1 cm³/mol. The van der Waals surface area contributed by atoms with Crippen LogP contribution in [0.15, 0.2) is 47.5 Å². The van der Waals surface area contributed by atoms with Crippen molar-refractivity contribution in [2.75, 3.05) is 7.11 Å². The van der Waals surface area contributed by atoms with Crippen LogP contribution in [0.1, 0.15) is 24.1 Å². The summed E-state index contributed by atoms with van der Waals surface area (Å²) in [5.74, 6) is 0.984. The number of phenols is 1. The van der Waals surface area contributed by atoms with Gasteiger partial charge in [-0.15, -0.1) is 0 Å². The molecule has 0 spiro atoms. The third-order valence-electron chi connectivity index (χ3n) is 3.03. The number of halogens is 1. The molecule has 104 valence electrons. The number of hydrogen-bond donors (Lipinski definition) is 1. The van der Waals surface area contributed by atoms with Gasteiger partial charge in [0.05, 0.1) is 13.2 Å². The number of phenolic OH excluding ortho intramolecular Hbond substituents is 1. The van der Waals surface area contributed by atoms with Crippen LogP contribution in [0.4, 0.5) is 0 Å². The molecule has 2 aromatic rings. The predicted octanol–water partition coefficient (Wildman–Crippen LogP) is 4.23. The fraction of sp³-hybridized carbons (Fsp3) is 0.188. The topological polar surface area (TPSA) is 41.8 Å². The zero-order valence-electron chi connectivity index (χ0n) is 11.4. The molecule has 0 aliphatic heterocycles. The molecular weight excluding hydrogens is 274 g/mol. The van der Waals surface area contributed by atoms with E-state index in [0.717, 1.165) is 11.3 Å². The summed E-state index contributed by atoms with van der Waals surface area (Å²) in [5.41, 5.74) is 1.68. The van der Waals surface area contributed by atoms with Gasteiger partial charge in [-0.2, -0.15) is 0 Å². The van der Waals surface area contributed by atoms with Crippen molar-refractivity contribution in [1.29, 1.82) is 0 Å². The largest absolute Gasteiger partial charge is 0.507 e. The van der Waals surface area contributed by atoms with Gasteiger partial charge >= 0.3 is 0 Å². The number of nitrogens with zero attached hydrogens (tertiary/aromatic N) is 1. The molecule has 0 aliphatic rings. The molecule has 0 aliphatic carbocycles. The van der Waals surface area contributed by atoms with Gasteiger partial charge in [-0.25, -0.2) is 0 Å². The van der Waals surface area contributed by atoms with E-state index in [9.17, 15) is 5.11 Å². The van der Waals surface area contributed by atoms with E-state index in [1.54, 1.807) is 31.5 Å². The molecule has 0 bridgehead atoms. The molecular formula is C16H16ClNO2. The molecule has 20 heavy (non-hydrogen) atoms. The van der Waals surface area contributed by atoms with Crippen molar-refractivity contribution in [3.63, 3.8) is 0 Å². The van der Waals surface area contributed by atoms with Gasteiger partial charge in [0.2, 0.25) is 0 Å². The third kappa shape index (κ3) is 3.52. The summed E-state index contributed by atoms with van der Waals surface area (Å²) in [5, 5.41) is 10.3. The Hall–Kier alpha value is -2.00. The van der Waals surface area contributed by atoms with Crippen molar-refractivity contribution in [3.05, 3.63) is 58.6 Å². The van der Waals surface area contributed by atoms with Crippen molar-refractivity contribution in [1.82, 2.24) is 0 Å². The molecule has 0 unspecified atom stereocenters. The number of aliphatic imine (C=N–C) groups is 1. The van der Waals surface area contributed by atoms with Crippen LogP contribution in [0.5, 0.6) is 11.5 Å². The fourth-order valence-electron chi connectivity index (χ4n) is 1.79. The van der Waals surface area contributed by atoms with Crippen molar-refractivity contribution >= 4 is 17.8 Å². The van der Waals surface area contributed by atoms with E-state index in [0.29, 0.717) is 10.6 Å². The second kappa shape index (κ2) is 6.44. The van der Waals surface area contributed by atoms with E-state index in [1.165, 1.54) is 0 Å². The maximum absolute atomic E-state index is 9.72. The first-order chi connectivity index (χ1) is 9.60. The van der Waals surface area contributed by atoms with Crippen molar-refractivity contribution in [2.45, 2.75) is 13.0 Å². The van der Waals surface area contributed by atoms with E-state index in [1.807, 2.05) is 31.2 Å². The Kier molecular flexibility index (Phi) is 4.64. The molecule has 0 fully saturated rings. The maximum atomic E-state index is 9.72.